The molecule has 3 aromatic carbocycles. The van der Waals surface area contributed by atoms with Crippen LogP contribution in [-0.2, 0) is 6.42 Å². The Labute approximate surface area is 138 Å². The highest BCUT2D eigenvalue weighted by molar-refractivity contribution is 5.83. The second-order valence-electron chi connectivity index (χ2n) is 5.54. The highest BCUT2D eigenvalue weighted by Gasteiger charge is 2.14. The van der Waals surface area contributed by atoms with E-state index in [2.05, 4.69) is 67.6 Å². The molecule has 0 fully saturated rings. The molecule has 0 radical (unpaired) electrons. The summed E-state index contributed by atoms with van der Waals surface area (Å²) in [4.78, 5) is 0. The van der Waals surface area contributed by atoms with Crippen molar-refractivity contribution in [2.45, 2.75) is 20.3 Å². The summed E-state index contributed by atoms with van der Waals surface area (Å²) in [6.07, 6.45) is 1.01. The molecule has 0 saturated heterocycles. The highest BCUT2D eigenvalue weighted by Crippen LogP contribution is 2.40. The molecule has 3 aromatic rings. The van der Waals surface area contributed by atoms with E-state index in [1.807, 2.05) is 19.1 Å². The molecule has 0 unspecified atom stereocenters. The maximum atomic E-state index is 6.08. The lowest BCUT2D eigenvalue weighted by Crippen LogP contribution is -1.99. The fourth-order valence-corrected chi connectivity index (χ4v) is 2.86. The monoisotopic (exact) mass is 302 g/mol. The largest absolute Gasteiger partial charge is 0.493 e. The molecule has 1 heteroatoms. The van der Waals surface area contributed by atoms with E-state index in [4.69, 9.17) is 4.74 Å². The average Bonchev–Trinajstić information content (AvgIpc) is 2.63. The van der Waals surface area contributed by atoms with Crippen molar-refractivity contribution in [2.75, 3.05) is 6.61 Å². The van der Waals surface area contributed by atoms with E-state index in [1.54, 1.807) is 0 Å². The van der Waals surface area contributed by atoms with E-state index in [-0.39, 0.29) is 0 Å². The summed E-state index contributed by atoms with van der Waals surface area (Å²) >= 11 is 0. The molecule has 3 rings (SSSR count). The van der Waals surface area contributed by atoms with Crippen LogP contribution in [0.25, 0.3) is 22.3 Å². The van der Waals surface area contributed by atoms with Gasteiger partial charge in [-0.15, -0.1) is 0 Å². The molecule has 0 N–H and O–H groups in total. The molecule has 0 aliphatic rings. The van der Waals surface area contributed by atoms with E-state index in [9.17, 15) is 0 Å². The minimum Gasteiger partial charge on any atom is -0.493 e. The molecular formula is C22H22O. The van der Waals surface area contributed by atoms with Gasteiger partial charge < -0.3 is 4.74 Å². The van der Waals surface area contributed by atoms with Crippen molar-refractivity contribution in [3.63, 3.8) is 0 Å². The van der Waals surface area contributed by atoms with E-state index >= 15 is 0 Å². The Balaban J connectivity index is 2.26. The maximum Gasteiger partial charge on any atom is 0.134 e. The van der Waals surface area contributed by atoms with E-state index in [0.717, 1.165) is 12.2 Å². The average molecular weight is 302 g/mol. The number of ether oxygens (including phenoxy) is 1. The molecule has 23 heavy (non-hydrogen) atoms. The Morgan fingerprint density at radius 1 is 0.696 bits per heavy atom. The third-order valence-corrected chi connectivity index (χ3v) is 4.02. The second kappa shape index (κ2) is 7.15. The zero-order valence-electron chi connectivity index (χ0n) is 13.8. The summed E-state index contributed by atoms with van der Waals surface area (Å²) < 4.78 is 6.08. The number of aryl methyl sites for hydroxylation is 1. The van der Waals surface area contributed by atoms with Crippen LogP contribution in [0.1, 0.15) is 19.4 Å². The van der Waals surface area contributed by atoms with Gasteiger partial charge in [-0.1, -0.05) is 67.6 Å². The third-order valence-electron chi connectivity index (χ3n) is 4.02. The smallest absolute Gasteiger partial charge is 0.134 e. The first kappa shape index (κ1) is 15.4. The van der Waals surface area contributed by atoms with Crippen LogP contribution in [0.15, 0.2) is 72.8 Å². The molecule has 0 heterocycles. The summed E-state index contributed by atoms with van der Waals surface area (Å²) in [5.41, 5.74) is 6.06. The van der Waals surface area contributed by atoms with Crippen molar-refractivity contribution >= 4 is 0 Å². The van der Waals surface area contributed by atoms with Gasteiger partial charge in [0.15, 0.2) is 0 Å². The Bertz CT molecular complexity index is 700. The number of benzene rings is 3. The van der Waals surface area contributed by atoms with Crippen LogP contribution in [0.5, 0.6) is 5.75 Å². The van der Waals surface area contributed by atoms with Gasteiger partial charge in [0.2, 0.25) is 0 Å². The van der Waals surface area contributed by atoms with Gasteiger partial charge in [0.1, 0.15) is 5.75 Å². The van der Waals surface area contributed by atoms with Crippen LogP contribution < -0.4 is 4.74 Å². The van der Waals surface area contributed by atoms with Crippen LogP contribution in [-0.4, -0.2) is 6.61 Å². The summed E-state index contributed by atoms with van der Waals surface area (Å²) in [7, 11) is 0. The van der Waals surface area contributed by atoms with Gasteiger partial charge in [0.05, 0.1) is 6.61 Å². The van der Waals surface area contributed by atoms with Gasteiger partial charge >= 0.3 is 0 Å². The predicted octanol–water partition coefficient (Wildman–Crippen LogP) is 5.98. The first-order valence-corrected chi connectivity index (χ1v) is 8.24. The van der Waals surface area contributed by atoms with Gasteiger partial charge in [-0.05, 0) is 42.2 Å². The molecule has 0 atom stereocenters. The molecule has 0 aliphatic carbocycles. The lowest BCUT2D eigenvalue weighted by molar-refractivity contribution is 0.343. The lowest BCUT2D eigenvalue weighted by Gasteiger charge is -2.17. The maximum absolute atomic E-state index is 6.08. The van der Waals surface area contributed by atoms with Crippen molar-refractivity contribution in [3.8, 4) is 28.0 Å². The number of hydrogen-bond acceptors (Lipinski definition) is 1. The van der Waals surface area contributed by atoms with Crippen LogP contribution >= 0.6 is 0 Å². The molecule has 116 valence electrons. The standard InChI is InChI=1S/C22H22O/c1-3-17-15-20(18-11-7-5-8-12-18)22(23-4-2)21(16-17)19-13-9-6-10-14-19/h5-16H,3-4H2,1-2H3. The Morgan fingerprint density at radius 2 is 1.17 bits per heavy atom. The molecule has 0 aromatic heterocycles. The number of rotatable bonds is 5. The van der Waals surface area contributed by atoms with Gasteiger partial charge in [0, 0.05) is 11.1 Å². The SMILES string of the molecule is CCOc1c(-c2ccccc2)cc(CC)cc1-c1ccccc1. The first-order chi connectivity index (χ1) is 11.3. The summed E-state index contributed by atoms with van der Waals surface area (Å²) in [5, 5.41) is 0. The van der Waals surface area contributed by atoms with Crippen molar-refractivity contribution in [1.82, 2.24) is 0 Å². The molecule has 0 aliphatic heterocycles. The van der Waals surface area contributed by atoms with Crippen molar-refractivity contribution < 1.29 is 4.74 Å². The fourth-order valence-electron chi connectivity index (χ4n) is 2.86. The molecule has 0 spiro atoms. The molecule has 0 amide bonds. The zero-order chi connectivity index (χ0) is 16.1. The summed E-state index contributed by atoms with van der Waals surface area (Å²) in [6.45, 7) is 4.89. The first-order valence-electron chi connectivity index (χ1n) is 8.24. The highest BCUT2D eigenvalue weighted by atomic mass is 16.5. The normalized spacial score (nSPS) is 10.5. The number of hydrogen-bond donors (Lipinski definition) is 0. The van der Waals surface area contributed by atoms with Crippen molar-refractivity contribution in [1.29, 1.82) is 0 Å². The molecular weight excluding hydrogens is 280 g/mol. The van der Waals surface area contributed by atoms with Crippen LogP contribution in [0.4, 0.5) is 0 Å². The fraction of sp³-hybridized carbons (Fsp3) is 0.182. The van der Waals surface area contributed by atoms with Crippen LogP contribution in [0.3, 0.4) is 0 Å². The zero-order valence-corrected chi connectivity index (χ0v) is 13.8. The van der Waals surface area contributed by atoms with E-state index < -0.39 is 0 Å². The molecule has 0 bridgehead atoms. The van der Waals surface area contributed by atoms with Crippen LogP contribution in [0.2, 0.25) is 0 Å². The van der Waals surface area contributed by atoms with E-state index in [1.165, 1.54) is 27.8 Å². The van der Waals surface area contributed by atoms with E-state index in [0.29, 0.717) is 6.61 Å². The molecule has 0 saturated carbocycles. The lowest BCUT2D eigenvalue weighted by atomic mass is 9.93. The van der Waals surface area contributed by atoms with Gasteiger partial charge in [-0.25, -0.2) is 0 Å². The Kier molecular flexibility index (Phi) is 4.77. The van der Waals surface area contributed by atoms with Crippen molar-refractivity contribution in [2.24, 2.45) is 0 Å². The van der Waals surface area contributed by atoms with Crippen molar-refractivity contribution in [3.05, 3.63) is 78.4 Å². The predicted molar refractivity (Wildman–Crippen MR) is 97.9 cm³/mol. The van der Waals surface area contributed by atoms with Gasteiger partial charge in [0.25, 0.3) is 0 Å². The topological polar surface area (TPSA) is 9.23 Å². The van der Waals surface area contributed by atoms with Crippen LogP contribution in [0, 0.1) is 0 Å². The van der Waals surface area contributed by atoms with Gasteiger partial charge in [-0.2, -0.15) is 0 Å². The Hall–Kier alpha value is -2.54. The quantitative estimate of drug-likeness (QED) is 0.563. The third kappa shape index (κ3) is 3.29. The Morgan fingerprint density at radius 3 is 1.57 bits per heavy atom. The summed E-state index contributed by atoms with van der Waals surface area (Å²) in [6, 6.07) is 25.5. The van der Waals surface area contributed by atoms with Gasteiger partial charge in [-0.3, -0.25) is 0 Å². The molecule has 1 nitrogen and oxygen atoms in total. The minimum absolute atomic E-state index is 0.658. The summed E-state index contributed by atoms with van der Waals surface area (Å²) in [5.74, 6) is 0.974. The minimum atomic E-state index is 0.658. The second-order valence-corrected chi connectivity index (χ2v) is 5.54.